The van der Waals surface area contributed by atoms with E-state index < -0.39 is 11.9 Å². The molecule has 7 heteroatoms. The van der Waals surface area contributed by atoms with Gasteiger partial charge in [-0.15, -0.1) is 0 Å². The van der Waals surface area contributed by atoms with Crippen LogP contribution in [0.3, 0.4) is 0 Å². The fourth-order valence-electron chi connectivity index (χ4n) is 2.86. The first-order valence-corrected chi connectivity index (χ1v) is 9.16. The van der Waals surface area contributed by atoms with E-state index in [4.69, 9.17) is 23.7 Å². The van der Waals surface area contributed by atoms with E-state index in [-0.39, 0.29) is 12.8 Å². The van der Waals surface area contributed by atoms with E-state index in [0.717, 1.165) is 5.56 Å². The molecule has 0 aliphatic heterocycles. The molecule has 0 fully saturated rings. The lowest BCUT2D eigenvalue weighted by molar-refractivity contribution is -0.159. The van der Waals surface area contributed by atoms with Gasteiger partial charge < -0.3 is 23.7 Å². The molecule has 0 amide bonds. The van der Waals surface area contributed by atoms with Crippen molar-refractivity contribution in [3.8, 4) is 23.0 Å². The highest BCUT2D eigenvalue weighted by Gasteiger charge is 2.15. The molecule has 0 heterocycles. The standard InChI is InChI=1S/C22H26O7/c1-25-17-9-11-18(26-2)16(13-17)14-22(24)29-21(23)7-5-6-15-8-10-19(27-3)20(12-15)28-4/h8-13H,5-7,14H2,1-4H3. The first-order valence-electron chi connectivity index (χ1n) is 9.16. The Morgan fingerprint density at radius 2 is 1.45 bits per heavy atom. The van der Waals surface area contributed by atoms with Crippen molar-refractivity contribution < 1.29 is 33.3 Å². The van der Waals surface area contributed by atoms with Crippen LogP contribution in [-0.2, 0) is 27.2 Å². The molecule has 2 aromatic rings. The number of esters is 2. The van der Waals surface area contributed by atoms with Gasteiger partial charge in [0, 0.05) is 12.0 Å². The Bertz CT molecular complexity index is 845. The Balaban J connectivity index is 1.84. The summed E-state index contributed by atoms with van der Waals surface area (Å²) in [5.74, 6) is 1.22. The topological polar surface area (TPSA) is 80.3 Å². The highest BCUT2D eigenvalue weighted by molar-refractivity contribution is 5.87. The third kappa shape index (κ3) is 6.41. The summed E-state index contributed by atoms with van der Waals surface area (Å²) in [7, 11) is 6.19. The molecule has 0 aromatic heterocycles. The van der Waals surface area contributed by atoms with Gasteiger partial charge in [0.15, 0.2) is 11.5 Å². The molecule has 0 atom stereocenters. The van der Waals surface area contributed by atoms with Gasteiger partial charge in [0.05, 0.1) is 34.9 Å². The fraction of sp³-hybridized carbons (Fsp3) is 0.364. The second-order valence-corrected chi connectivity index (χ2v) is 6.24. The maximum Gasteiger partial charge on any atom is 0.318 e. The second-order valence-electron chi connectivity index (χ2n) is 6.24. The van der Waals surface area contributed by atoms with Gasteiger partial charge in [0.25, 0.3) is 0 Å². The number of hydrogen-bond donors (Lipinski definition) is 0. The molecule has 2 aromatic carbocycles. The van der Waals surface area contributed by atoms with Gasteiger partial charge in [0.1, 0.15) is 11.5 Å². The van der Waals surface area contributed by atoms with Gasteiger partial charge in [-0.3, -0.25) is 9.59 Å². The smallest absolute Gasteiger partial charge is 0.318 e. The van der Waals surface area contributed by atoms with Crippen LogP contribution >= 0.6 is 0 Å². The van der Waals surface area contributed by atoms with Crippen LogP contribution in [0, 0.1) is 0 Å². The lowest BCUT2D eigenvalue weighted by atomic mass is 10.1. The Morgan fingerprint density at radius 3 is 2.10 bits per heavy atom. The molecule has 2 rings (SSSR count). The Hall–Kier alpha value is -3.22. The minimum absolute atomic E-state index is 0.0816. The molecule has 29 heavy (non-hydrogen) atoms. The van der Waals surface area contributed by atoms with Crippen molar-refractivity contribution in [2.75, 3.05) is 28.4 Å². The molecule has 0 unspecified atom stereocenters. The van der Waals surface area contributed by atoms with Gasteiger partial charge >= 0.3 is 11.9 Å². The van der Waals surface area contributed by atoms with Crippen molar-refractivity contribution >= 4 is 11.9 Å². The zero-order chi connectivity index (χ0) is 21.2. The molecule has 0 N–H and O–H groups in total. The molecule has 0 aliphatic carbocycles. The quantitative estimate of drug-likeness (QED) is 0.445. The summed E-state index contributed by atoms with van der Waals surface area (Å²) in [6.07, 6.45) is 1.24. The highest BCUT2D eigenvalue weighted by Crippen LogP contribution is 2.28. The zero-order valence-electron chi connectivity index (χ0n) is 17.2. The lowest BCUT2D eigenvalue weighted by Gasteiger charge is -2.10. The summed E-state index contributed by atoms with van der Waals surface area (Å²) >= 11 is 0. The van der Waals surface area contributed by atoms with E-state index >= 15 is 0 Å². The lowest BCUT2D eigenvalue weighted by Crippen LogP contribution is -2.15. The van der Waals surface area contributed by atoms with Gasteiger partial charge in [-0.05, 0) is 48.7 Å². The van der Waals surface area contributed by atoms with Crippen LogP contribution in [0.5, 0.6) is 23.0 Å². The number of benzene rings is 2. The van der Waals surface area contributed by atoms with Crippen molar-refractivity contribution in [1.82, 2.24) is 0 Å². The second kappa shape index (κ2) is 10.9. The molecule has 0 saturated carbocycles. The van der Waals surface area contributed by atoms with Crippen molar-refractivity contribution in [2.24, 2.45) is 0 Å². The number of methoxy groups -OCH3 is 4. The van der Waals surface area contributed by atoms with Gasteiger partial charge in [0.2, 0.25) is 0 Å². The summed E-state index contributed by atoms with van der Waals surface area (Å²) in [4.78, 5) is 24.1. The average molecular weight is 402 g/mol. The van der Waals surface area contributed by atoms with Crippen LogP contribution in [0.25, 0.3) is 0 Å². The summed E-state index contributed by atoms with van der Waals surface area (Å²) in [5.41, 5.74) is 1.60. The summed E-state index contributed by atoms with van der Waals surface area (Å²) < 4.78 is 25.8. The predicted octanol–water partition coefficient (Wildman–Crippen LogP) is 3.36. The molecule has 0 bridgehead atoms. The molecular formula is C22H26O7. The van der Waals surface area contributed by atoms with Gasteiger partial charge in [-0.2, -0.15) is 0 Å². The van der Waals surface area contributed by atoms with Crippen molar-refractivity contribution in [2.45, 2.75) is 25.7 Å². The fourth-order valence-corrected chi connectivity index (χ4v) is 2.86. The van der Waals surface area contributed by atoms with Crippen LogP contribution in [-0.4, -0.2) is 40.4 Å². The molecule has 7 nitrogen and oxygen atoms in total. The monoisotopic (exact) mass is 402 g/mol. The Kier molecular flexibility index (Phi) is 8.33. The first kappa shape index (κ1) is 22.1. The molecular weight excluding hydrogens is 376 g/mol. The number of carbonyl (C=O) groups is 2. The van der Waals surface area contributed by atoms with E-state index in [1.165, 1.54) is 14.2 Å². The van der Waals surface area contributed by atoms with Crippen molar-refractivity contribution in [3.05, 3.63) is 47.5 Å². The third-order valence-electron chi connectivity index (χ3n) is 4.34. The SMILES string of the molecule is COc1ccc(OC)c(CC(=O)OC(=O)CCCc2ccc(OC)c(OC)c2)c1. The normalized spacial score (nSPS) is 10.2. The van der Waals surface area contributed by atoms with Crippen LogP contribution in [0.2, 0.25) is 0 Å². The highest BCUT2D eigenvalue weighted by atomic mass is 16.6. The number of aryl methyl sites for hydroxylation is 1. The molecule has 0 aliphatic rings. The minimum atomic E-state index is -0.632. The maximum atomic E-state index is 12.1. The molecule has 0 radical (unpaired) electrons. The molecule has 0 saturated heterocycles. The average Bonchev–Trinajstić information content (AvgIpc) is 2.73. The number of rotatable bonds is 10. The van der Waals surface area contributed by atoms with Crippen LogP contribution in [0.15, 0.2) is 36.4 Å². The van der Waals surface area contributed by atoms with E-state index in [1.807, 2.05) is 18.2 Å². The predicted molar refractivity (Wildman–Crippen MR) is 107 cm³/mol. The Morgan fingerprint density at radius 1 is 0.759 bits per heavy atom. The number of carbonyl (C=O) groups excluding carboxylic acids is 2. The van der Waals surface area contributed by atoms with Crippen LogP contribution in [0.1, 0.15) is 24.0 Å². The summed E-state index contributed by atoms with van der Waals surface area (Å²) in [6.45, 7) is 0. The largest absolute Gasteiger partial charge is 0.497 e. The van der Waals surface area contributed by atoms with Gasteiger partial charge in [-0.25, -0.2) is 0 Å². The van der Waals surface area contributed by atoms with Crippen LogP contribution in [0.4, 0.5) is 0 Å². The van der Waals surface area contributed by atoms with Gasteiger partial charge in [-0.1, -0.05) is 6.07 Å². The van der Waals surface area contributed by atoms with E-state index in [2.05, 4.69) is 0 Å². The van der Waals surface area contributed by atoms with Crippen molar-refractivity contribution in [1.29, 1.82) is 0 Å². The van der Waals surface area contributed by atoms with E-state index in [1.54, 1.807) is 32.4 Å². The summed E-state index contributed by atoms with van der Waals surface area (Å²) in [6, 6.07) is 10.7. The third-order valence-corrected chi connectivity index (χ3v) is 4.34. The first-order chi connectivity index (χ1) is 14.0. The van der Waals surface area contributed by atoms with Crippen LogP contribution < -0.4 is 18.9 Å². The van der Waals surface area contributed by atoms with Crippen molar-refractivity contribution in [3.63, 3.8) is 0 Å². The molecule has 0 spiro atoms. The number of hydrogen-bond acceptors (Lipinski definition) is 7. The summed E-state index contributed by atoms with van der Waals surface area (Å²) in [5, 5.41) is 0. The zero-order valence-corrected chi connectivity index (χ0v) is 17.2. The minimum Gasteiger partial charge on any atom is -0.497 e. The molecule has 156 valence electrons. The van der Waals surface area contributed by atoms with E-state index in [0.29, 0.717) is 41.4 Å². The van der Waals surface area contributed by atoms with E-state index in [9.17, 15) is 9.59 Å². The Labute approximate surface area is 170 Å². The number of ether oxygens (including phenoxy) is 5. The maximum absolute atomic E-state index is 12.1.